The van der Waals surface area contributed by atoms with Gasteiger partial charge >= 0.3 is 0 Å². The smallest absolute Gasteiger partial charge is 0.274 e. The van der Waals surface area contributed by atoms with Gasteiger partial charge in [-0.2, -0.15) is 10.1 Å². The van der Waals surface area contributed by atoms with Crippen molar-refractivity contribution in [2.75, 3.05) is 6.54 Å². The SMILES string of the molecule is C(#Cc1ccc2ccccc2n1)CCc1ccccc1.CCc1ccccc1-c1noc(CCC#Cc2ccccn2)n1.O=C1c2ccccc2C(=O)N1CCC#Cc1ccccn1.O=c1c2ccccc2cnn1CCC#Cc1ccccn1. The average Bonchev–Trinajstić information content (AvgIpc) is 4.26. The zero-order valence-corrected chi connectivity index (χ0v) is 46.8. The molecule has 11 aromatic rings. The molecule has 0 N–H and O–H groups in total. The van der Waals surface area contributed by atoms with Crippen molar-refractivity contribution in [2.45, 2.75) is 58.4 Å². The van der Waals surface area contributed by atoms with Crippen molar-refractivity contribution in [1.29, 1.82) is 0 Å². The molecule has 0 saturated heterocycles. The van der Waals surface area contributed by atoms with Crippen molar-refractivity contribution in [3.63, 3.8) is 0 Å². The van der Waals surface area contributed by atoms with Gasteiger partial charge in [0.1, 0.15) is 22.8 Å². The van der Waals surface area contributed by atoms with Crippen molar-refractivity contribution in [3.8, 4) is 58.8 Å². The van der Waals surface area contributed by atoms with E-state index in [1.165, 1.54) is 20.7 Å². The first kappa shape index (κ1) is 58.3. The van der Waals surface area contributed by atoms with E-state index < -0.39 is 0 Å². The van der Waals surface area contributed by atoms with Crippen molar-refractivity contribution < 1.29 is 14.1 Å². The van der Waals surface area contributed by atoms with Gasteiger partial charge in [-0.1, -0.05) is 163 Å². The minimum Gasteiger partial charge on any atom is -0.339 e. The summed E-state index contributed by atoms with van der Waals surface area (Å²) in [5, 5.41) is 11.0. The Morgan fingerprint density at radius 2 is 0.988 bits per heavy atom. The molecule has 1 aliphatic heterocycles. The number of hydrogen-bond donors (Lipinski definition) is 0. The van der Waals surface area contributed by atoms with Crippen LogP contribution in [-0.2, 0) is 25.8 Å². The highest BCUT2D eigenvalue weighted by molar-refractivity contribution is 6.21. The van der Waals surface area contributed by atoms with E-state index in [1.807, 2.05) is 127 Å². The second-order valence-electron chi connectivity index (χ2n) is 18.8. The van der Waals surface area contributed by atoms with Crippen LogP contribution in [0.3, 0.4) is 0 Å². The summed E-state index contributed by atoms with van der Waals surface area (Å²) >= 11 is 0. The number of benzene rings is 5. The van der Waals surface area contributed by atoms with Crippen LogP contribution in [0.25, 0.3) is 33.1 Å². The lowest BCUT2D eigenvalue weighted by atomic mass is 10.1. The fraction of sp³-hybridized carbons (Fsp3) is 0.139. The Hall–Kier alpha value is -11.4. The molecule has 13 heteroatoms. The molecule has 5 aromatic carbocycles. The fourth-order valence-corrected chi connectivity index (χ4v) is 8.65. The van der Waals surface area contributed by atoms with Crippen LogP contribution in [-0.4, -0.2) is 63.1 Å². The van der Waals surface area contributed by atoms with Gasteiger partial charge in [0.05, 0.1) is 34.8 Å². The van der Waals surface area contributed by atoms with Gasteiger partial charge in [-0.15, -0.1) is 0 Å². The number of imide groups is 1. The molecule has 2 amide bonds. The van der Waals surface area contributed by atoms with Crippen molar-refractivity contribution in [3.05, 3.63) is 280 Å². The predicted molar refractivity (Wildman–Crippen MR) is 331 cm³/mol. The largest absolute Gasteiger partial charge is 0.339 e. The number of rotatable bonds is 10. The summed E-state index contributed by atoms with van der Waals surface area (Å²) in [4.78, 5) is 59.1. The Morgan fingerprint density at radius 1 is 0.459 bits per heavy atom. The van der Waals surface area contributed by atoms with Crippen molar-refractivity contribution in [2.24, 2.45) is 0 Å². The highest BCUT2D eigenvalue weighted by Crippen LogP contribution is 2.23. The first-order chi connectivity index (χ1) is 41.9. The van der Waals surface area contributed by atoms with Gasteiger partial charge < -0.3 is 4.52 Å². The number of amides is 2. The van der Waals surface area contributed by atoms with E-state index in [4.69, 9.17) is 4.52 Å². The van der Waals surface area contributed by atoms with E-state index in [2.05, 4.69) is 132 Å². The summed E-state index contributed by atoms with van der Waals surface area (Å²) in [6, 6.07) is 61.8. The lowest BCUT2D eigenvalue weighted by molar-refractivity contribution is 0.0657. The summed E-state index contributed by atoms with van der Waals surface area (Å²) in [5.74, 6) is 25.1. The van der Waals surface area contributed by atoms with E-state index in [1.54, 1.807) is 49.1 Å². The Morgan fingerprint density at radius 3 is 1.62 bits per heavy atom. The number of para-hydroxylation sites is 1. The van der Waals surface area contributed by atoms with Gasteiger partial charge in [-0.05, 0) is 114 Å². The number of pyridine rings is 4. The fourth-order valence-electron chi connectivity index (χ4n) is 8.65. The quantitative estimate of drug-likeness (QED) is 0.0946. The van der Waals surface area contributed by atoms with Crippen LogP contribution in [0, 0.1) is 47.4 Å². The molecule has 0 bridgehead atoms. The molecular formula is C72H57N9O4. The van der Waals surface area contributed by atoms with Crippen LogP contribution < -0.4 is 5.56 Å². The number of hydrogen-bond acceptors (Lipinski definition) is 11. The molecule has 414 valence electrons. The lowest BCUT2D eigenvalue weighted by Gasteiger charge is -2.10. The van der Waals surface area contributed by atoms with E-state index >= 15 is 0 Å². The van der Waals surface area contributed by atoms with E-state index in [9.17, 15) is 14.4 Å². The number of carbonyl (C=O) groups is 2. The van der Waals surface area contributed by atoms with Gasteiger partial charge in [0, 0.05) is 73.6 Å². The van der Waals surface area contributed by atoms with Gasteiger partial charge in [0.25, 0.3) is 17.4 Å². The number of aromatic nitrogens is 8. The van der Waals surface area contributed by atoms with Crippen molar-refractivity contribution >= 4 is 33.5 Å². The molecule has 0 fully saturated rings. The van der Waals surface area contributed by atoms with Crippen LogP contribution in [0.15, 0.2) is 228 Å². The molecule has 13 nitrogen and oxygen atoms in total. The summed E-state index contributed by atoms with van der Waals surface area (Å²) in [6.07, 6.45) is 11.9. The summed E-state index contributed by atoms with van der Waals surface area (Å²) < 4.78 is 6.78. The highest BCUT2D eigenvalue weighted by atomic mass is 16.5. The molecule has 12 rings (SSSR count). The molecular weight excluding hydrogens is 1050 g/mol. The zero-order valence-electron chi connectivity index (χ0n) is 46.8. The van der Waals surface area contributed by atoms with Gasteiger partial charge in [-0.25, -0.2) is 24.6 Å². The van der Waals surface area contributed by atoms with Crippen LogP contribution in [0.2, 0.25) is 0 Å². The maximum atomic E-state index is 12.2. The van der Waals surface area contributed by atoms with Gasteiger partial charge in [0.2, 0.25) is 11.7 Å². The third-order valence-corrected chi connectivity index (χ3v) is 13.0. The highest BCUT2D eigenvalue weighted by Gasteiger charge is 2.34. The summed E-state index contributed by atoms with van der Waals surface area (Å²) in [5.41, 5.74) is 8.48. The molecule has 85 heavy (non-hydrogen) atoms. The summed E-state index contributed by atoms with van der Waals surface area (Å²) in [6.45, 7) is 2.89. The van der Waals surface area contributed by atoms with E-state index in [-0.39, 0.29) is 17.4 Å². The molecule has 0 spiro atoms. The molecule has 0 atom stereocenters. The minimum absolute atomic E-state index is 0.0762. The summed E-state index contributed by atoms with van der Waals surface area (Å²) in [7, 11) is 0. The topological polar surface area (TPSA) is 163 Å². The Balaban J connectivity index is 0.000000136. The predicted octanol–water partition coefficient (Wildman–Crippen LogP) is 12.3. The Bertz CT molecular complexity index is 4320. The minimum atomic E-state index is -0.241. The lowest BCUT2D eigenvalue weighted by Crippen LogP contribution is -2.30. The average molecular weight is 1110 g/mol. The molecule has 1 aliphatic rings. The third kappa shape index (κ3) is 17.1. The second-order valence-corrected chi connectivity index (χ2v) is 18.8. The molecule has 0 unspecified atom stereocenters. The number of nitrogens with zero attached hydrogens (tertiary/aromatic N) is 9. The normalized spacial score (nSPS) is 10.8. The maximum Gasteiger partial charge on any atom is 0.274 e. The molecule has 0 radical (unpaired) electrons. The van der Waals surface area contributed by atoms with Crippen LogP contribution in [0.5, 0.6) is 0 Å². The monoisotopic (exact) mass is 1110 g/mol. The van der Waals surface area contributed by atoms with Crippen LogP contribution >= 0.6 is 0 Å². The second kappa shape index (κ2) is 31.0. The standard InChI is InChI=1S/C19H17N3O.C19H15N.C17H13N3O.C17H12N2O2/c1-2-15-9-3-5-12-17(15)19-21-18(23-22-19)13-6-4-10-16-11-7-8-14-20-16;1-2-8-16(9-3-1)10-4-6-12-18-15-14-17-11-5-7-13-19(17)20-18;21-17-16-10-2-1-7-14(16)13-19-20(17)12-6-4-9-15-8-3-5-11-18-15;20-16-14-9-1-2-10-15(14)17(21)19(16)12-6-4-8-13-7-3-5-11-18-13/h3,5,7-9,11-12,14H,2,6,13H2,1H3;1-3,5,7-9,11,13-15H,4,10H2;1-3,5,7-8,10-11,13H,6,12H2;1-3,5,7,9-11H,6,12H2. The Labute approximate surface area is 493 Å². The van der Waals surface area contributed by atoms with E-state index in [0.29, 0.717) is 72.7 Å². The maximum absolute atomic E-state index is 12.2. The number of fused-ring (bicyclic) bond motifs is 3. The number of aryl methyl sites for hydroxylation is 4. The van der Waals surface area contributed by atoms with E-state index in [0.717, 1.165) is 58.2 Å². The Kier molecular flexibility index (Phi) is 21.3. The first-order valence-corrected chi connectivity index (χ1v) is 27.8. The van der Waals surface area contributed by atoms with Crippen LogP contribution in [0.4, 0.5) is 0 Å². The molecule has 0 saturated carbocycles. The first-order valence-electron chi connectivity index (χ1n) is 27.8. The molecule has 6 aromatic heterocycles. The van der Waals surface area contributed by atoms with Crippen molar-refractivity contribution in [1.82, 2.24) is 44.8 Å². The zero-order chi connectivity index (χ0) is 58.7. The number of carbonyl (C=O) groups excluding carboxylic acids is 2. The van der Waals surface area contributed by atoms with Gasteiger partial charge in [0.15, 0.2) is 0 Å². The molecule has 0 aliphatic carbocycles. The van der Waals surface area contributed by atoms with Crippen LogP contribution in [0.1, 0.15) is 93.1 Å². The third-order valence-electron chi connectivity index (χ3n) is 13.0. The molecule has 7 heterocycles. The van der Waals surface area contributed by atoms with Gasteiger partial charge in [-0.3, -0.25) is 19.3 Å².